The molecule has 0 aliphatic carbocycles. The molecule has 0 heterocycles. The lowest BCUT2D eigenvalue weighted by atomic mass is 10.2. The number of halogens is 1. The van der Waals surface area contributed by atoms with Gasteiger partial charge in [0, 0.05) is 6.07 Å². The van der Waals surface area contributed by atoms with Crippen LogP contribution in [0.1, 0.15) is 39.0 Å². The third kappa shape index (κ3) is 5.99. The molecule has 0 spiro atoms. The highest BCUT2D eigenvalue weighted by Gasteiger charge is 2.00. The first-order valence-electron chi connectivity index (χ1n) is 5.88. The van der Waals surface area contributed by atoms with Gasteiger partial charge in [-0.15, -0.1) is 0 Å². The van der Waals surface area contributed by atoms with Crippen molar-refractivity contribution < 1.29 is 22.9 Å². The average molecular weight is 244 g/mol. The molecule has 2 nitrogen and oxygen atoms in total. The van der Waals surface area contributed by atoms with Crippen molar-refractivity contribution in [1.82, 2.24) is 0 Å². The van der Waals surface area contributed by atoms with Gasteiger partial charge in [-0.2, -0.15) is 0 Å². The van der Waals surface area contributed by atoms with Crippen LogP contribution in [0.3, 0.4) is 0 Å². The SMILES string of the molecule is CCCCCCCOc1ccccc1[NH3+].[Cl-]. The molecule has 0 aromatic heterocycles. The van der Waals surface area contributed by atoms with Gasteiger partial charge in [0.2, 0.25) is 0 Å². The van der Waals surface area contributed by atoms with Crippen LogP contribution < -0.4 is 22.9 Å². The maximum atomic E-state index is 5.65. The zero-order chi connectivity index (χ0) is 10.9. The first-order chi connectivity index (χ1) is 7.34. The van der Waals surface area contributed by atoms with Crippen molar-refractivity contribution in [3.8, 4) is 5.75 Å². The van der Waals surface area contributed by atoms with E-state index >= 15 is 0 Å². The molecule has 0 amide bonds. The van der Waals surface area contributed by atoms with Gasteiger partial charge < -0.3 is 22.9 Å². The first kappa shape index (κ1) is 15.3. The van der Waals surface area contributed by atoms with E-state index in [1.54, 1.807) is 0 Å². The lowest BCUT2D eigenvalue weighted by Crippen LogP contribution is -3.00. The van der Waals surface area contributed by atoms with Gasteiger partial charge >= 0.3 is 0 Å². The van der Waals surface area contributed by atoms with E-state index in [4.69, 9.17) is 4.74 Å². The van der Waals surface area contributed by atoms with Crippen molar-refractivity contribution in [3.63, 3.8) is 0 Å². The fourth-order valence-electron chi connectivity index (χ4n) is 1.53. The van der Waals surface area contributed by atoms with E-state index in [1.807, 2.05) is 24.3 Å². The molecule has 1 aromatic rings. The quantitative estimate of drug-likeness (QED) is 0.668. The van der Waals surface area contributed by atoms with Crippen LogP contribution in [0.4, 0.5) is 5.69 Å². The number of unbranched alkanes of at least 4 members (excludes halogenated alkanes) is 4. The van der Waals surface area contributed by atoms with Gasteiger partial charge in [-0.3, -0.25) is 0 Å². The molecule has 0 saturated heterocycles. The lowest BCUT2D eigenvalue weighted by Gasteiger charge is -2.05. The Balaban J connectivity index is 0.00000225. The zero-order valence-corrected chi connectivity index (χ0v) is 10.8. The molecular formula is C13H22ClNO. The second-order valence-corrected chi connectivity index (χ2v) is 3.87. The smallest absolute Gasteiger partial charge is 0.179 e. The Morgan fingerprint density at radius 3 is 2.44 bits per heavy atom. The fourth-order valence-corrected chi connectivity index (χ4v) is 1.53. The summed E-state index contributed by atoms with van der Waals surface area (Å²) in [4.78, 5) is 0. The third-order valence-corrected chi connectivity index (χ3v) is 2.48. The molecule has 0 radical (unpaired) electrons. The van der Waals surface area contributed by atoms with Gasteiger partial charge in [0.1, 0.15) is 0 Å². The maximum Gasteiger partial charge on any atom is 0.179 e. The summed E-state index contributed by atoms with van der Waals surface area (Å²) >= 11 is 0. The van der Waals surface area contributed by atoms with Gasteiger partial charge in [0.15, 0.2) is 11.4 Å². The second-order valence-electron chi connectivity index (χ2n) is 3.87. The van der Waals surface area contributed by atoms with Crippen LogP contribution >= 0.6 is 0 Å². The van der Waals surface area contributed by atoms with Crippen molar-refractivity contribution >= 4 is 5.69 Å². The van der Waals surface area contributed by atoms with Crippen molar-refractivity contribution in [3.05, 3.63) is 24.3 Å². The minimum atomic E-state index is 0. The van der Waals surface area contributed by atoms with E-state index < -0.39 is 0 Å². The molecule has 16 heavy (non-hydrogen) atoms. The molecule has 1 aromatic carbocycles. The van der Waals surface area contributed by atoms with Crippen LogP contribution in [0.2, 0.25) is 0 Å². The number of quaternary nitrogens is 1. The number of ether oxygens (including phenoxy) is 1. The molecular weight excluding hydrogens is 222 g/mol. The van der Waals surface area contributed by atoms with Crippen molar-refractivity contribution in [2.24, 2.45) is 0 Å². The molecule has 0 fully saturated rings. The molecule has 0 unspecified atom stereocenters. The van der Waals surface area contributed by atoms with Crippen LogP contribution in [0.5, 0.6) is 5.75 Å². The highest BCUT2D eigenvalue weighted by atomic mass is 35.5. The topological polar surface area (TPSA) is 36.9 Å². The minimum absolute atomic E-state index is 0. The number of hydrogen-bond acceptors (Lipinski definition) is 1. The monoisotopic (exact) mass is 243 g/mol. The summed E-state index contributed by atoms with van der Waals surface area (Å²) in [5, 5.41) is 0. The van der Waals surface area contributed by atoms with Crippen molar-refractivity contribution in [2.45, 2.75) is 39.0 Å². The van der Waals surface area contributed by atoms with Crippen molar-refractivity contribution in [2.75, 3.05) is 6.61 Å². The normalized spacial score (nSPS) is 9.62. The third-order valence-electron chi connectivity index (χ3n) is 2.48. The molecule has 0 saturated carbocycles. The Kier molecular flexibility index (Phi) is 9.06. The number of hydrogen-bond donors (Lipinski definition) is 1. The second kappa shape index (κ2) is 9.49. The van der Waals surface area contributed by atoms with Crippen LogP contribution in [0.15, 0.2) is 24.3 Å². The number of para-hydroxylation sites is 1. The number of rotatable bonds is 7. The van der Waals surface area contributed by atoms with Gasteiger partial charge in [0.05, 0.1) is 6.61 Å². The van der Waals surface area contributed by atoms with Crippen molar-refractivity contribution in [1.29, 1.82) is 0 Å². The maximum absolute atomic E-state index is 5.65. The summed E-state index contributed by atoms with van der Waals surface area (Å²) in [6.45, 7) is 3.05. The highest BCUT2D eigenvalue weighted by molar-refractivity contribution is 5.43. The Hall–Kier alpha value is -0.730. The van der Waals surface area contributed by atoms with Gasteiger partial charge in [-0.1, -0.05) is 44.7 Å². The van der Waals surface area contributed by atoms with Gasteiger partial charge in [-0.05, 0) is 12.5 Å². The van der Waals surface area contributed by atoms with E-state index in [9.17, 15) is 0 Å². The molecule has 0 atom stereocenters. The molecule has 3 N–H and O–H groups in total. The molecule has 3 heteroatoms. The van der Waals surface area contributed by atoms with E-state index in [0.717, 1.165) is 24.5 Å². The Morgan fingerprint density at radius 1 is 1.06 bits per heavy atom. The molecule has 1 rings (SSSR count). The van der Waals surface area contributed by atoms with Crippen LogP contribution in [-0.4, -0.2) is 6.61 Å². The first-order valence-corrected chi connectivity index (χ1v) is 5.88. The molecule has 0 aliphatic rings. The molecule has 0 bridgehead atoms. The standard InChI is InChI=1S/C13H21NO.ClH/c1-2-3-4-5-8-11-15-13-10-7-6-9-12(13)14;/h6-7,9-10H,2-5,8,11,14H2,1H3;1H. The fraction of sp³-hybridized carbons (Fsp3) is 0.538. The van der Waals surface area contributed by atoms with E-state index in [0.29, 0.717) is 0 Å². The van der Waals surface area contributed by atoms with Gasteiger partial charge in [-0.25, -0.2) is 0 Å². The summed E-state index contributed by atoms with van der Waals surface area (Å²) in [5.41, 5.74) is 4.90. The predicted octanol–water partition coefficient (Wildman–Crippen LogP) is -0.0868. The summed E-state index contributed by atoms with van der Waals surface area (Å²) < 4.78 is 5.65. The lowest BCUT2D eigenvalue weighted by molar-refractivity contribution is -0.256. The molecule has 0 aliphatic heterocycles. The van der Waals surface area contributed by atoms with Crippen LogP contribution in [0.25, 0.3) is 0 Å². The van der Waals surface area contributed by atoms with E-state index in [-0.39, 0.29) is 12.4 Å². The largest absolute Gasteiger partial charge is 1.00 e. The Labute approximate surface area is 105 Å². The minimum Gasteiger partial charge on any atom is -1.00 e. The summed E-state index contributed by atoms with van der Waals surface area (Å²) in [5.74, 6) is 0.924. The van der Waals surface area contributed by atoms with E-state index in [1.165, 1.54) is 25.7 Å². The number of benzene rings is 1. The van der Waals surface area contributed by atoms with E-state index in [2.05, 4.69) is 12.7 Å². The Morgan fingerprint density at radius 2 is 1.75 bits per heavy atom. The van der Waals surface area contributed by atoms with Gasteiger partial charge in [0.25, 0.3) is 0 Å². The summed E-state index contributed by atoms with van der Waals surface area (Å²) in [7, 11) is 0. The van der Waals surface area contributed by atoms with Crippen LogP contribution in [0, 0.1) is 0 Å². The summed E-state index contributed by atoms with van der Waals surface area (Å²) in [6.07, 6.45) is 6.38. The summed E-state index contributed by atoms with van der Waals surface area (Å²) in [6, 6.07) is 7.93. The molecule has 92 valence electrons. The Bertz CT molecular complexity index is 278. The predicted molar refractivity (Wildman–Crippen MR) is 63.2 cm³/mol. The zero-order valence-electron chi connectivity index (χ0n) is 10.0. The van der Waals surface area contributed by atoms with Crippen LogP contribution in [-0.2, 0) is 0 Å². The average Bonchev–Trinajstić information content (AvgIpc) is 2.25. The highest BCUT2D eigenvalue weighted by Crippen LogP contribution is 2.18.